The summed E-state index contributed by atoms with van der Waals surface area (Å²) in [5.41, 5.74) is 0.176. The number of unbranched alkanes of at least 4 members (excludes halogenated alkanes) is 5. The molecule has 30 heavy (non-hydrogen) atoms. The number of aliphatic carboxylic acids is 1. The third-order valence-electron chi connectivity index (χ3n) is 4.71. The van der Waals surface area contributed by atoms with Crippen LogP contribution < -0.4 is 0 Å². The lowest BCUT2D eigenvalue weighted by atomic mass is 9.93. The Kier molecular flexibility index (Phi) is 22.2. The molecule has 0 radical (unpaired) electrons. The Morgan fingerprint density at radius 1 is 0.867 bits per heavy atom. The first-order valence-corrected chi connectivity index (χ1v) is 11.6. The number of ether oxygens (including phenoxy) is 4. The van der Waals surface area contributed by atoms with Gasteiger partial charge in [-0.1, -0.05) is 52.0 Å². The molecule has 6 heteroatoms. The standard InChI is InChI=1S/C20H42O4.C4H6O2/c1-6-10-11-12-13-14-16-19(17-15-18-21-5)20(22-7-2,23-8-3)24-9-4;1-3(2)4(5)6/h19H,6-18H2,1-5H3;1H2,2H3,(H,5,6). The van der Waals surface area contributed by atoms with Crippen molar-refractivity contribution in [2.45, 2.75) is 98.4 Å². The number of carboxylic acids is 1. The number of carboxylic acid groups (broad SMARTS) is 1. The normalized spacial score (nSPS) is 12.2. The fourth-order valence-electron chi connectivity index (χ4n) is 3.23. The van der Waals surface area contributed by atoms with E-state index in [2.05, 4.69) is 13.5 Å². The lowest BCUT2D eigenvalue weighted by Crippen LogP contribution is -2.47. The summed E-state index contributed by atoms with van der Waals surface area (Å²) in [6.45, 7) is 15.4. The average molecular weight is 433 g/mol. The molecule has 0 saturated heterocycles. The summed E-state index contributed by atoms with van der Waals surface area (Å²) >= 11 is 0. The van der Waals surface area contributed by atoms with Crippen molar-refractivity contribution in [3.63, 3.8) is 0 Å². The summed E-state index contributed by atoms with van der Waals surface area (Å²) in [6.07, 6.45) is 10.9. The van der Waals surface area contributed by atoms with Crippen LogP contribution in [-0.2, 0) is 23.7 Å². The smallest absolute Gasteiger partial charge is 0.330 e. The minimum absolute atomic E-state index is 0.176. The molecular formula is C24H48O6. The first kappa shape index (κ1) is 31.2. The molecule has 1 unspecified atom stereocenters. The van der Waals surface area contributed by atoms with E-state index in [1.165, 1.54) is 45.4 Å². The Balaban J connectivity index is 0. The molecule has 1 atom stereocenters. The Bertz CT molecular complexity index is 381. The summed E-state index contributed by atoms with van der Waals surface area (Å²) in [6, 6.07) is 0. The summed E-state index contributed by atoms with van der Waals surface area (Å²) in [5, 5.41) is 7.89. The number of rotatable bonds is 19. The van der Waals surface area contributed by atoms with Gasteiger partial charge in [-0.15, -0.1) is 0 Å². The fraction of sp³-hybridized carbons (Fsp3) is 0.875. The van der Waals surface area contributed by atoms with Crippen LogP contribution in [0, 0.1) is 5.92 Å². The van der Waals surface area contributed by atoms with E-state index in [0.29, 0.717) is 19.8 Å². The van der Waals surface area contributed by atoms with Crippen LogP contribution in [0.5, 0.6) is 0 Å². The van der Waals surface area contributed by atoms with Crippen molar-refractivity contribution in [1.29, 1.82) is 0 Å². The number of hydrogen-bond donors (Lipinski definition) is 1. The molecule has 0 heterocycles. The van der Waals surface area contributed by atoms with Crippen LogP contribution in [0.3, 0.4) is 0 Å². The number of carbonyl (C=O) groups is 1. The van der Waals surface area contributed by atoms with Crippen LogP contribution in [0.1, 0.15) is 92.4 Å². The molecule has 6 nitrogen and oxygen atoms in total. The minimum atomic E-state index is -0.935. The molecule has 0 aromatic heterocycles. The highest BCUT2D eigenvalue weighted by Crippen LogP contribution is 2.34. The van der Waals surface area contributed by atoms with E-state index < -0.39 is 11.9 Å². The fourth-order valence-corrected chi connectivity index (χ4v) is 3.23. The van der Waals surface area contributed by atoms with Crippen molar-refractivity contribution in [2.75, 3.05) is 33.5 Å². The molecule has 0 saturated carbocycles. The quantitative estimate of drug-likeness (QED) is 0.149. The van der Waals surface area contributed by atoms with Crippen molar-refractivity contribution >= 4 is 5.97 Å². The van der Waals surface area contributed by atoms with Gasteiger partial charge < -0.3 is 24.1 Å². The van der Waals surface area contributed by atoms with Gasteiger partial charge in [0.2, 0.25) is 0 Å². The van der Waals surface area contributed by atoms with E-state index in [1.807, 2.05) is 20.8 Å². The minimum Gasteiger partial charge on any atom is -0.478 e. The number of methoxy groups -OCH3 is 1. The molecule has 0 aromatic rings. The molecule has 1 N–H and O–H groups in total. The van der Waals surface area contributed by atoms with Crippen molar-refractivity contribution in [1.82, 2.24) is 0 Å². The Morgan fingerprint density at radius 3 is 1.70 bits per heavy atom. The van der Waals surface area contributed by atoms with E-state index in [0.717, 1.165) is 25.9 Å². The van der Waals surface area contributed by atoms with Gasteiger partial charge in [-0.25, -0.2) is 4.79 Å². The topological polar surface area (TPSA) is 74.2 Å². The summed E-state index contributed by atoms with van der Waals surface area (Å²) in [5.74, 6) is -1.58. The van der Waals surface area contributed by atoms with Gasteiger partial charge in [0.1, 0.15) is 0 Å². The maximum Gasteiger partial charge on any atom is 0.330 e. The molecule has 0 fully saturated rings. The Labute approximate surface area is 185 Å². The first-order valence-electron chi connectivity index (χ1n) is 11.6. The SMILES string of the molecule is C=C(C)C(=O)O.CCCCCCCCC(CCCOC)C(OCC)(OCC)OCC. The largest absolute Gasteiger partial charge is 0.478 e. The Hall–Kier alpha value is -0.950. The van der Waals surface area contributed by atoms with Gasteiger partial charge in [-0.05, 0) is 47.0 Å². The van der Waals surface area contributed by atoms with Crippen LogP contribution >= 0.6 is 0 Å². The molecule has 0 aliphatic carbocycles. The molecule has 0 aliphatic heterocycles. The molecule has 0 amide bonds. The van der Waals surface area contributed by atoms with Crippen LogP contribution in [0.4, 0.5) is 0 Å². The van der Waals surface area contributed by atoms with Gasteiger partial charge in [-0.2, -0.15) is 0 Å². The molecule has 0 spiro atoms. The zero-order valence-corrected chi connectivity index (χ0v) is 20.5. The molecule has 0 bridgehead atoms. The van der Waals surface area contributed by atoms with Crippen molar-refractivity contribution in [2.24, 2.45) is 5.92 Å². The maximum absolute atomic E-state index is 9.60. The van der Waals surface area contributed by atoms with E-state index in [-0.39, 0.29) is 11.5 Å². The first-order chi connectivity index (χ1) is 14.3. The van der Waals surface area contributed by atoms with Crippen LogP contribution in [0.15, 0.2) is 12.2 Å². The van der Waals surface area contributed by atoms with Gasteiger partial charge in [0.25, 0.3) is 5.97 Å². The predicted molar refractivity (Wildman–Crippen MR) is 123 cm³/mol. The average Bonchev–Trinajstić information content (AvgIpc) is 2.70. The van der Waals surface area contributed by atoms with Gasteiger partial charge in [0, 0.05) is 45.0 Å². The van der Waals surface area contributed by atoms with E-state index in [4.69, 9.17) is 24.1 Å². The van der Waals surface area contributed by atoms with E-state index in [9.17, 15) is 4.79 Å². The predicted octanol–water partition coefficient (Wildman–Crippen LogP) is 6.19. The zero-order valence-electron chi connectivity index (χ0n) is 20.5. The van der Waals surface area contributed by atoms with Crippen LogP contribution in [0.2, 0.25) is 0 Å². The second-order valence-electron chi connectivity index (χ2n) is 7.38. The highest BCUT2D eigenvalue weighted by atomic mass is 16.9. The third-order valence-corrected chi connectivity index (χ3v) is 4.71. The Morgan fingerprint density at radius 2 is 1.30 bits per heavy atom. The molecule has 180 valence electrons. The molecule has 0 rings (SSSR count). The van der Waals surface area contributed by atoms with Gasteiger partial charge in [0.05, 0.1) is 0 Å². The molecule has 0 aliphatic rings. The van der Waals surface area contributed by atoms with Crippen molar-refractivity contribution in [3.8, 4) is 0 Å². The lowest BCUT2D eigenvalue weighted by molar-refractivity contribution is -0.403. The monoisotopic (exact) mass is 432 g/mol. The summed E-state index contributed by atoms with van der Waals surface area (Å²) < 4.78 is 23.3. The highest BCUT2D eigenvalue weighted by Gasteiger charge is 2.41. The van der Waals surface area contributed by atoms with E-state index >= 15 is 0 Å². The summed E-state index contributed by atoms with van der Waals surface area (Å²) in [7, 11) is 1.75. The zero-order chi connectivity index (χ0) is 23.3. The second-order valence-corrected chi connectivity index (χ2v) is 7.38. The highest BCUT2D eigenvalue weighted by molar-refractivity contribution is 5.84. The van der Waals surface area contributed by atoms with Crippen molar-refractivity contribution in [3.05, 3.63) is 12.2 Å². The van der Waals surface area contributed by atoms with Gasteiger partial charge in [-0.3, -0.25) is 0 Å². The third kappa shape index (κ3) is 15.8. The van der Waals surface area contributed by atoms with Crippen molar-refractivity contribution < 1.29 is 28.8 Å². The van der Waals surface area contributed by atoms with Crippen LogP contribution in [0.25, 0.3) is 0 Å². The van der Waals surface area contributed by atoms with Gasteiger partial charge >= 0.3 is 5.97 Å². The lowest BCUT2D eigenvalue weighted by Gasteiger charge is -2.39. The molecular weight excluding hydrogens is 384 g/mol. The molecule has 0 aromatic carbocycles. The number of hydrogen-bond acceptors (Lipinski definition) is 5. The van der Waals surface area contributed by atoms with E-state index in [1.54, 1.807) is 7.11 Å². The second kappa shape index (κ2) is 21.3. The van der Waals surface area contributed by atoms with Gasteiger partial charge in [0.15, 0.2) is 0 Å². The summed E-state index contributed by atoms with van der Waals surface area (Å²) in [4.78, 5) is 9.60. The maximum atomic E-state index is 9.60. The van der Waals surface area contributed by atoms with Crippen LogP contribution in [-0.4, -0.2) is 50.6 Å².